The van der Waals surface area contributed by atoms with E-state index in [4.69, 9.17) is 0 Å². The third kappa shape index (κ3) is 5.47. The lowest BCUT2D eigenvalue weighted by molar-refractivity contribution is -0.117. The molecule has 0 aliphatic carbocycles. The first-order chi connectivity index (χ1) is 14.2. The number of nitrogens with one attached hydrogen (secondary N) is 1. The van der Waals surface area contributed by atoms with E-state index in [0.29, 0.717) is 11.7 Å². The minimum atomic E-state index is -0.00650. The van der Waals surface area contributed by atoms with Gasteiger partial charge in [0.1, 0.15) is 0 Å². The fourth-order valence-electron chi connectivity index (χ4n) is 3.38. The Morgan fingerprint density at radius 2 is 1.83 bits per heavy atom. The summed E-state index contributed by atoms with van der Waals surface area (Å²) in [4.78, 5) is 26.0. The summed E-state index contributed by atoms with van der Waals surface area (Å²) in [5, 5.41) is 5.58. The van der Waals surface area contributed by atoms with Crippen LogP contribution in [-0.2, 0) is 11.3 Å². The summed E-state index contributed by atoms with van der Waals surface area (Å²) in [5.41, 5.74) is 4.27. The molecule has 3 aromatic rings. The molecule has 1 amide bonds. The Bertz CT molecular complexity index is 933. The van der Waals surface area contributed by atoms with Crippen molar-refractivity contribution in [2.24, 2.45) is 0 Å². The number of aryl methyl sites for hydroxylation is 1. The van der Waals surface area contributed by atoms with Crippen molar-refractivity contribution < 1.29 is 4.79 Å². The van der Waals surface area contributed by atoms with E-state index in [-0.39, 0.29) is 5.91 Å². The van der Waals surface area contributed by atoms with Crippen LogP contribution in [0.1, 0.15) is 11.3 Å². The number of aromatic nitrogens is 2. The van der Waals surface area contributed by atoms with E-state index < -0.39 is 0 Å². The van der Waals surface area contributed by atoms with Crippen LogP contribution in [0.25, 0.3) is 11.3 Å². The number of hydrogen-bond donors (Lipinski definition) is 1. The molecule has 7 heteroatoms. The van der Waals surface area contributed by atoms with Crippen LogP contribution < -0.4 is 5.32 Å². The molecular formula is C22H25N5OS. The number of anilines is 1. The molecule has 0 radical (unpaired) electrons. The number of carbonyl (C=O) groups excluding carboxylic acids is 1. The van der Waals surface area contributed by atoms with Gasteiger partial charge < -0.3 is 5.32 Å². The van der Waals surface area contributed by atoms with E-state index in [1.54, 1.807) is 0 Å². The average molecular weight is 408 g/mol. The lowest BCUT2D eigenvalue weighted by atomic mass is 10.1. The molecule has 4 rings (SSSR count). The number of carbonyl (C=O) groups is 1. The second-order valence-electron chi connectivity index (χ2n) is 7.33. The summed E-state index contributed by atoms with van der Waals surface area (Å²) >= 11 is 1.46. The molecule has 0 spiro atoms. The van der Waals surface area contributed by atoms with Crippen LogP contribution in [0.15, 0.2) is 54.0 Å². The third-order valence-corrected chi connectivity index (χ3v) is 5.80. The number of rotatable bonds is 6. The summed E-state index contributed by atoms with van der Waals surface area (Å²) in [6.07, 6.45) is 1.83. The molecule has 0 bridgehead atoms. The van der Waals surface area contributed by atoms with Gasteiger partial charge in [0.2, 0.25) is 5.91 Å². The first kappa shape index (κ1) is 19.7. The minimum Gasteiger partial charge on any atom is -0.301 e. The van der Waals surface area contributed by atoms with Crippen molar-refractivity contribution in [3.8, 4) is 11.3 Å². The van der Waals surface area contributed by atoms with Gasteiger partial charge >= 0.3 is 0 Å². The Kier molecular flexibility index (Phi) is 6.29. The zero-order chi connectivity index (χ0) is 20.1. The van der Waals surface area contributed by atoms with Crippen molar-refractivity contribution in [3.63, 3.8) is 0 Å². The maximum absolute atomic E-state index is 12.4. The molecule has 150 valence electrons. The average Bonchev–Trinajstić information content (AvgIpc) is 3.19. The molecule has 6 nitrogen and oxygen atoms in total. The van der Waals surface area contributed by atoms with Crippen LogP contribution >= 0.6 is 11.3 Å². The summed E-state index contributed by atoms with van der Waals surface area (Å²) in [7, 11) is 0. The highest BCUT2D eigenvalue weighted by molar-refractivity contribution is 7.14. The zero-order valence-corrected chi connectivity index (χ0v) is 17.4. The van der Waals surface area contributed by atoms with Gasteiger partial charge in [0.15, 0.2) is 5.13 Å². The van der Waals surface area contributed by atoms with Crippen molar-refractivity contribution in [1.82, 2.24) is 19.8 Å². The highest BCUT2D eigenvalue weighted by Gasteiger charge is 2.19. The largest absolute Gasteiger partial charge is 0.301 e. The molecule has 0 atom stereocenters. The van der Waals surface area contributed by atoms with Crippen molar-refractivity contribution >= 4 is 22.4 Å². The Labute approximate surface area is 175 Å². The number of benzene rings is 1. The molecule has 2 aromatic heterocycles. The van der Waals surface area contributed by atoms with Gasteiger partial charge in [-0.15, -0.1) is 11.3 Å². The van der Waals surface area contributed by atoms with Crippen LogP contribution in [0.4, 0.5) is 5.13 Å². The monoisotopic (exact) mass is 407 g/mol. The molecule has 1 N–H and O–H groups in total. The van der Waals surface area contributed by atoms with Crippen molar-refractivity contribution in [2.45, 2.75) is 13.5 Å². The van der Waals surface area contributed by atoms with E-state index in [0.717, 1.165) is 49.7 Å². The predicted octanol–water partition coefficient (Wildman–Crippen LogP) is 3.27. The van der Waals surface area contributed by atoms with Gasteiger partial charge in [-0.05, 0) is 19.1 Å². The van der Waals surface area contributed by atoms with Crippen LogP contribution in [0.5, 0.6) is 0 Å². The summed E-state index contributed by atoms with van der Waals surface area (Å²) in [6.45, 7) is 6.98. The highest BCUT2D eigenvalue weighted by atomic mass is 32.1. The first-order valence-corrected chi connectivity index (χ1v) is 10.7. The first-order valence-electron chi connectivity index (χ1n) is 9.83. The topological polar surface area (TPSA) is 61.4 Å². The maximum atomic E-state index is 12.4. The number of thiazole rings is 1. The number of hydrogen-bond acceptors (Lipinski definition) is 6. The second-order valence-corrected chi connectivity index (χ2v) is 8.18. The lowest BCUT2D eigenvalue weighted by Gasteiger charge is -2.33. The zero-order valence-electron chi connectivity index (χ0n) is 16.5. The second kappa shape index (κ2) is 9.26. The Hall–Kier alpha value is -2.61. The molecule has 0 saturated carbocycles. The third-order valence-electron chi connectivity index (χ3n) is 5.04. The van der Waals surface area contributed by atoms with Gasteiger partial charge in [-0.1, -0.05) is 35.9 Å². The Balaban J connectivity index is 1.24. The fraction of sp³-hybridized carbons (Fsp3) is 0.318. The van der Waals surface area contributed by atoms with E-state index >= 15 is 0 Å². The SMILES string of the molecule is Cc1ccc(-c2csc(NC(=O)CN3CCN(Cc4ccccn4)CC3)n2)cc1. The molecule has 0 unspecified atom stereocenters. The van der Waals surface area contributed by atoms with Crippen LogP contribution in [0.2, 0.25) is 0 Å². The predicted molar refractivity (Wildman–Crippen MR) is 117 cm³/mol. The number of nitrogens with zero attached hydrogens (tertiary/aromatic N) is 4. The van der Waals surface area contributed by atoms with Gasteiger partial charge in [0, 0.05) is 49.9 Å². The summed E-state index contributed by atoms with van der Waals surface area (Å²) in [5.74, 6) is -0.00650. The summed E-state index contributed by atoms with van der Waals surface area (Å²) < 4.78 is 0. The van der Waals surface area contributed by atoms with E-state index in [1.807, 2.05) is 23.7 Å². The molecule has 1 aliphatic rings. The maximum Gasteiger partial charge on any atom is 0.240 e. The van der Waals surface area contributed by atoms with Crippen molar-refractivity contribution in [1.29, 1.82) is 0 Å². The van der Waals surface area contributed by atoms with Gasteiger partial charge in [0.25, 0.3) is 0 Å². The highest BCUT2D eigenvalue weighted by Crippen LogP contribution is 2.25. The van der Waals surface area contributed by atoms with E-state index in [1.165, 1.54) is 16.9 Å². The standard InChI is InChI=1S/C22H25N5OS/c1-17-5-7-18(8-6-17)20-16-29-22(24-20)25-21(28)15-27-12-10-26(11-13-27)14-19-4-2-3-9-23-19/h2-9,16H,10-15H2,1H3,(H,24,25,28). The number of piperazine rings is 1. The normalized spacial score (nSPS) is 15.3. The van der Waals surface area contributed by atoms with E-state index in [2.05, 4.69) is 62.3 Å². The quantitative estimate of drug-likeness (QED) is 0.680. The van der Waals surface area contributed by atoms with Crippen LogP contribution in [0, 0.1) is 6.92 Å². The molecule has 1 aromatic carbocycles. The van der Waals surface area contributed by atoms with Gasteiger partial charge in [0.05, 0.1) is 17.9 Å². The minimum absolute atomic E-state index is 0.00650. The smallest absolute Gasteiger partial charge is 0.240 e. The lowest BCUT2D eigenvalue weighted by Crippen LogP contribution is -2.48. The Morgan fingerprint density at radius 3 is 2.55 bits per heavy atom. The molecule has 3 heterocycles. The van der Waals surface area contributed by atoms with E-state index in [9.17, 15) is 4.79 Å². The molecule has 1 fully saturated rings. The molecular weight excluding hydrogens is 382 g/mol. The van der Waals surface area contributed by atoms with Crippen molar-refractivity contribution in [3.05, 3.63) is 65.3 Å². The molecule has 1 aliphatic heterocycles. The fourth-order valence-corrected chi connectivity index (χ4v) is 4.11. The Morgan fingerprint density at radius 1 is 1.07 bits per heavy atom. The molecule has 29 heavy (non-hydrogen) atoms. The number of amides is 1. The van der Waals surface area contributed by atoms with Gasteiger partial charge in [-0.2, -0.15) is 0 Å². The van der Waals surface area contributed by atoms with Gasteiger partial charge in [-0.25, -0.2) is 4.98 Å². The number of pyridine rings is 1. The van der Waals surface area contributed by atoms with Crippen LogP contribution in [0.3, 0.4) is 0 Å². The summed E-state index contributed by atoms with van der Waals surface area (Å²) in [6, 6.07) is 14.3. The van der Waals surface area contributed by atoms with Crippen molar-refractivity contribution in [2.75, 3.05) is 38.0 Å². The van der Waals surface area contributed by atoms with Crippen LogP contribution in [-0.4, -0.2) is 58.4 Å². The molecule has 1 saturated heterocycles. The van der Waals surface area contributed by atoms with Gasteiger partial charge in [-0.3, -0.25) is 19.6 Å².